The number of hydrogen-bond donors (Lipinski definition) is 1. The van der Waals surface area contributed by atoms with Crippen LogP contribution < -0.4 is 11.2 Å². The van der Waals surface area contributed by atoms with Crippen LogP contribution in [0.3, 0.4) is 0 Å². The average molecular weight is 302 g/mol. The molecule has 20 heavy (non-hydrogen) atoms. The van der Waals surface area contributed by atoms with Crippen molar-refractivity contribution >= 4 is 22.7 Å². The fraction of sp³-hybridized carbons (Fsp3) is 0.333. The molecule has 0 radical (unpaired) electrons. The molecule has 1 N–H and O–H groups in total. The van der Waals surface area contributed by atoms with E-state index in [0.29, 0.717) is 29.1 Å². The van der Waals surface area contributed by atoms with Gasteiger partial charge >= 0.3 is 11.9 Å². The third kappa shape index (κ3) is 2.04. The number of nitrogens with zero attached hydrogens (tertiary/aromatic N) is 1. The van der Waals surface area contributed by atoms with E-state index in [9.17, 15) is 22.8 Å². The molecular formula is C12H9F3N2O2S. The molecule has 1 aromatic carbocycles. The first-order valence-electron chi connectivity index (χ1n) is 5.89. The van der Waals surface area contributed by atoms with Gasteiger partial charge in [-0.3, -0.25) is 14.3 Å². The predicted molar refractivity (Wildman–Crippen MR) is 69.2 cm³/mol. The first kappa shape index (κ1) is 13.3. The molecule has 106 valence electrons. The second-order valence-corrected chi connectivity index (χ2v) is 5.62. The minimum absolute atomic E-state index is 0.0937. The Kier molecular flexibility index (Phi) is 2.93. The van der Waals surface area contributed by atoms with Crippen molar-refractivity contribution in [2.24, 2.45) is 0 Å². The van der Waals surface area contributed by atoms with E-state index in [0.717, 1.165) is 12.1 Å². The van der Waals surface area contributed by atoms with Crippen LogP contribution in [-0.4, -0.2) is 15.3 Å². The van der Waals surface area contributed by atoms with Crippen molar-refractivity contribution in [3.8, 4) is 0 Å². The maximum Gasteiger partial charge on any atom is 0.416 e. The Morgan fingerprint density at radius 1 is 1.25 bits per heavy atom. The molecular weight excluding hydrogens is 293 g/mol. The van der Waals surface area contributed by atoms with Crippen molar-refractivity contribution in [2.75, 3.05) is 5.75 Å². The summed E-state index contributed by atoms with van der Waals surface area (Å²) in [4.78, 5) is 26.0. The van der Waals surface area contributed by atoms with E-state index in [1.165, 1.54) is 16.3 Å². The molecule has 2 aromatic rings. The third-order valence-electron chi connectivity index (χ3n) is 3.17. The summed E-state index contributed by atoms with van der Waals surface area (Å²) in [6.07, 6.45) is -3.87. The number of nitrogens with one attached hydrogen (secondary N) is 1. The maximum absolute atomic E-state index is 12.9. The Hall–Kier alpha value is -1.70. The lowest BCUT2D eigenvalue weighted by atomic mass is 10.1. The molecule has 8 heteroatoms. The van der Waals surface area contributed by atoms with Gasteiger partial charge in [-0.05, 0) is 24.3 Å². The summed E-state index contributed by atoms with van der Waals surface area (Å²) in [7, 11) is 0. The standard InChI is InChI=1S/C12H9F3N2O2S/c13-12(14,15)6-4-7-9-8(5-6)20-3-1-2-17(9)11(19)16-10(7)18/h4-5H,1-3H2,(H,16,18,19). The number of rotatable bonds is 0. The van der Waals surface area contributed by atoms with E-state index in [4.69, 9.17) is 0 Å². The molecule has 4 nitrogen and oxygen atoms in total. The number of benzene rings is 1. The maximum atomic E-state index is 12.9. The lowest BCUT2D eigenvalue weighted by molar-refractivity contribution is -0.137. The van der Waals surface area contributed by atoms with Crippen LogP contribution in [0.1, 0.15) is 12.0 Å². The van der Waals surface area contributed by atoms with Crippen molar-refractivity contribution in [2.45, 2.75) is 24.0 Å². The summed E-state index contributed by atoms with van der Waals surface area (Å²) < 4.78 is 40.0. The summed E-state index contributed by atoms with van der Waals surface area (Å²) >= 11 is 1.24. The fourth-order valence-corrected chi connectivity index (χ4v) is 3.35. The van der Waals surface area contributed by atoms with Gasteiger partial charge in [0.1, 0.15) is 0 Å². The van der Waals surface area contributed by atoms with Gasteiger partial charge in [-0.2, -0.15) is 13.2 Å². The monoisotopic (exact) mass is 302 g/mol. The molecule has 0 spiro atoms. The van der Waals surface area contributed by atoms with Crippen molar-refractivity contribution < 1.29 is 13.2 Å². The molecule has 3 rings (SSSR count). The Labute approximate surface area is 114 Å². The quantitative estimate of drug-likeness (QED) is 0.812. The molecule has 0 bridgehead atoms. The summed E-state index contributed by atoms with van der Waals surface area (Å²) in [5.41, 5.74) is -1.93. The number of aromatic amines is 1. The van der Waals surface area contributed by atoms with E-state index in [-0.39, 0.29) is 5.39 Å². The Morgan fingerprint density at radius 3 is 2.70 bits per heavy atom. The van der Waals surface area contributed by atoms with Crippen LogP contribution in [0.4, 0.5) is 13.2 Å². The van der Waals surface area contributed by atoms with Gasteiger partial charge in [0.05, 0.1) is 16.5 Å². The lowest BCUT2D eigenvalue weighted by Crippen LogP contribution is -2.30. The van der Waals surface area contributed by atoms with Crippen LogP contribution in [0.15, 0.2) is 26.6 Å². The molecule has 0 unspecified atom stereocenters. The molecule has 2 heterocycles. The number of alkyl halides is 3. The van der Waals surface area contributed by atoms with Gasteiger partial charge in [-0.1, -0.05) is 0 Å². The molecule has 1 aliphatic heterocycles. The minimum atomic E-state index is -4.52. The number of hydrogen-bond acceptors (Lipinski definition) is 3. The Bertz CT molecular complexity index is 807. The van der Waals surface area contributed by atoms with Gasteiger partial charge in [0.25, 0.3) is 5.56 Å². The molecule has 0 atom stereocenters. The molecule has 0 saturated heterocycles. The smallest absolute Gasteiger partial charge is 0.292 e. The second kappa shape index (κ2) is 4.41. The zero-order chi connectivity index (χ0) is 14.5. The van der Waals surface area contributed by atoms with Gasteiger partial charge in [0.15, 0.2) is 0 Å². The van der Waals surface area contributed by atoms with Crippen LogP contribution in [0.25, 0.3) is 10.9 Å². The molecule has 0 fully saturated rings. The minimum Gasteiger partial charge on any atom is -0.292 e. The van der Waals surface area contributed by atoms with Crippen molar-refractivity contribution in [1.82, 2.24) is 9.55 Å². The van der Waals surface area contributed by atoms with Crippen LogP contribution in [0.5, 0.6) is 0 Å². The molecule has 0 aliphatic carbocycles. The first-order chi connectivity index (χ1) is 9.38. The Balaban J connectivity index is 2.48. The number of aryl methyl sites for hydroxylation is 1. The highest BCUT2D eigenvalue weighted by atomic mass is 32.2. The summed E-state index contributed by atoms with van der Waals surface area (Å²) in [6, 6.07) is 1.81. The third-order valence-corrected chi connectivity index (χ3v) is 4.28. The fourth-order valence-electron chi connectivity index (χ4n) is 2.28. The van der Waals surface area contributed by atoms with E-state index < -0.39 is 23.0 Å². The topological polar surface area (TPSA) is 54.9 Å². The van der Waals surface area contributed by atoms with Gasteiger partial charge < -0.3 is 0 Å². The predicted octanol–water partition coefficient (Wildman–Crippen LogP) is 2.20. The average Bonchev–Trinajstić information content (AvgIpc) is 2.57. The van der Waals surface area contributed by atoms with Crippen LogP contribution >= 0.6 is 11.8 Å². The molecule has 0 saturated carbocycles. The van der Waals surface area contributed by atoms with Crippen molar-refractivity contribution in [1.29, 1.82) is 0 Å². The van der Waals surface area contributed by atoms with Crippen LogP contribution in [0.2, 0.25) is 0 Å². The highest BCUT2D eigenvalue weighted by Crippen LogP contribution is 2.36. The van der Waals surface area contributed by atoms with Crippen molar-refractivity contribution in [3.63, 3.8) is 0 Å². The van der Waals surface area contributed by atoms with Gasteiger partial charge in [-0.15, -0.1) is 11.8 Å². The van der Waals surface area contributed by atoms with E-state index in [1.54, 1.807) is 0 Å². The normalized spacial score (nSPS) is 15.3. The van der Waals surface area contributed by atoms with Crippen LogP contribution in [-0.2, 0) is 12.7 Å². The second-order valence-electron chi connectivity index (χ2n) is 4.48. The molecule has 1 aliphatic rings. The number of aromatic nitrogens is 2. The van der Waals surface area contributed by atoms with Gasteiger partial charge in [0.2, 0.25) is 0 Å². The zero-order valence-electron chi connectivity index (χ0n) is 10.1. The van der Waals surface area contributed by atoms with Gasteiger partial charge in [0, 0.05) is 11.4 Å². The summed E-state index contributed by atoms with van der Waals surface area (Å²) in [5.74, 6) is 0.603. The number of thioether (sulfide) groups is 1. The Morgan fingerprint density at radius 2 is 2.00 bits per heavy atom. The highest BCUT2D eigenvalue weighted by molar-refractivity contribution is 7.99. The lowest BCUT2D eigenvalue weighted by Gasteiger charge is -2.12. The number of halogens is 3. The molecule has 0 amide bonds. The van der Waals surface area contributed by atoms with E-state index >= 15 is 0 Å². The van der Waals surface area contributed by atoms with E-state index in [1.807, 2.05) is 0 Å². The first-order valence-corrected chi connectivity index (χ1v) is 6.87. The highest BCUT2D eigenvalue weighted by Gasteiger charge is 2.32. The van der Waals surface area contributed by atoms with E-state index in [2.05, 4.69) is 4.98 Å². The zero-order valence-corrected chi connectivity index (χ0v) is 10.9. The largest absolute Gasteiger partial charge is 0.416 e. The van der Waals surface area contributed by atoms with Crippen molar-refractivity contribution in [3.05, 3.63) is 38.5 Å². The van der Waals surface area contributed by atoms with Gasteiger partial charge in [-0.25, -0.2) is 4.79 Å². The SMILES string of the molecule is O=c1[nH]c(=O)n2c3c(cc(C(F)(F)F)cc13)SCCC2. The summed E-state index contributed by atoms with van der Waals surface area (Å²) in [6.45, 7) is 0.386. The molecule has 1 aromatic heterocycles. The summed E-state index contributed by atoms with van der Waals surface area (Å²) in [5, 5.41) is -0.0937. The van der Waals surface area contributed by atoms with Crippen LogP contribution in [0, 0.1) is 0 Å². The number of H-pyrrole nitrogens is 1.